The highest BCUT2D eigenvalue weighted by Crippen LogP contribution is 2.30. The molecule has 0 bridgehead atoms. The van der Waals surface area contributed by atoms with E-state index in [1.54, 1.807) is 19.4 Å². The van der Waals surface area contributed by atoms with Crippen molar-refractivity contribution in [3.63, 3.8) is 0 Å². The number of methoxy groups -OCH3 is 1. The van der Waals surface area contributed by atoms with E-state index in [0.29, 0.717) is 47.7 Å². The highest BCUT2D eigenvalue weighted by molar-refractivity contribution is 6.20. The Hall–Kier alpha value is -3.55. The second-order valence-corrected chi connectivity index (χ2v) is 6.61. The van der Waals surface area contributed by atoms with Crippen LogP contribution in [0.5, 0.6) is 11.5 Å². The minimum Gasteiger partial charge on any atom is -0.506 e. The number of aromatic hydroxyl groups is 1. The van der Waals surface area contributed by atoms with Crippen LogP contribution in [0.3, 0.4) is 0 Å². The maximum Gasteiger partial charge on any atom is 0.256 e. The predicted molar refractivity (Wildman–Crippen MR) is 105 cm³/mol. The van der Waals surface area contributed by atoms with Gasteiger partial charge in [-0.25, -0.2) is 4.98 Å². The van der Waals surface area contributed by atoms with Crippen LogP contribution in [0.1, 0.15) is 23.4 Å². The molecule has 8 heteroatoms. The van der Waals surface area contributed by atoms with Gasteiger partial charge in [0.05, 0.1) is 18.8 Å². The molecule has 28 heavy (non-hydrogen) atoms. The minimum atomic E-state index is -0.192. The summed E-state index contributed by atoms with van der Waals surface area (Å²) in [6, 6.07) is 5.61. The quantitative estimate of drug-likeness (QED) is 0.539. The van der Waals surface area contributed by atoms with Crippen LogP contribution >= 0.6 is 0 Å². The van der Waals surface area contributed by atoms with Gasteiger partial charge < -0.3 is 25.5 Å². The number of hydrogen-bond acceptors (Lipinski definition) is 6. The molecule has 0 fully saturated rings. The molecule has 1 amide bonds. The van der Waals surface area contributed by atoms with Crippen LogP contribution in [0.25, 0.3) is 16.6 Å². The maximum absolute atomic E-state index is 12.6. The number of aromatic nitrogens is 3. The molecule has 144 valence electrons. The summed E-state index contributed by atoms with van der Waals surface area (Å²) < 4.78 is 5.48. The smallest absolute Gasteiger partial charge is 0.256 e. The third-order valence-electron chi connectivity index (χ3n) is 4.82. The summed E-state index contributed by atoms with van der Waals surface area (Å²) in [6.07, 6.45) is 3.65. The molecule has 0 saturated carbocycles. The molecule has 3 heterocycles. The largest absolute Gasteiger partial charge is 0.506 e. The number of imidazole rings is 1. The fraction of sp³-hybridized carbons (Fsp3) is 0.250. The van der Waals surface area contributed by atoms with E-state index in [-0.39, 0.29) is 11.7 Å². The van der Waals surface area contributed by atoms with Crippen molar-refractivity contribution in [2.24, 2.45) is 0 Å². The van der Waals surface area contributed by atoms with E-state index in [2.05, 4.69) is 25.6 Å². The lowest BCUT2D eigenvalue weighted by Gasteiger charge is -2.21. The number of benzene rings is 1. The van der Waals surface area contributed by atoms with Crippen molar-refractivity contribution >= 4 is 22.5 Å². The number of aromatic amines is 1. The Morgan fingerprint density at radius 2 is 2.18 bits per heavy atom. The molecule has 0 spiro atoms. The summed E-state index contributed by atoms with van der Waals surface area (Å²) in [5, 5.41) is 16.1. The van der Waals surface area contributed by atoms with Crippen molar-refractivity contribution < 1.29 is 14.6 Å². The number of fused-ring (bicyclic) bond motifs is 1. The Labute approximate surface area is 161 Å². The van der Waals surface area contributed by atoms with Gasteiger partial charge in [-0.1, -0.05) is 6.07 Å². The number of aryl methyl sites for hydroxylation is 1. The summed E-state index contributed by atoms with van der Waals surface area (Å²) in [4.78, 5) is 24.4. The molecule has 3 aromatic rings. The van der Waals surface area contributed by atoms with E-state index in [0.717, 1.165) is 16.8 Å². The summed E-state index contributed by atoms with van der Waals surface area (Å²) in [6.45, 7) is 2.87. The van der Waals surface area contributed by atoms with Gasteiger partial charge in [-0.2, -0.15) is 0 Å². The first-order chi connectivity index (χ1) is 13.6. The Morgan fingerprint density at radius 3 is 2.96 bits per heavy atom. The molecule has 0 saturated heterocycles. The number of nitrogens with zero attached hydrogens (tertiary/aromatic N) is 2. The number of carbonyl (C=O) groups excluding carboxylic acids is 1. The zero-order valence-electron chi connectivity index (χ0n) is 15.7. The molecule has 0 unspecified atom stereocenters. The third kappa shape index (κ3) is 3.13. The van der Waals surface area contributed by atoms with Crippen molar-refractivity contribution in [1.29, 1.82) is 0 Å². The normalized spacial score (nSPS) is 14.3. The summed E-state index contributed by atoms with van der Waals surface area (Å²) in [5.41, 5.74) is 4.41. The van der Waals surface area contributed by atoms with Gasteiger partial charge in [0.2, 0.25) is 0 Å². The standard InChI is InChI=1S/C20H21N5O3/c1-11-3-4-14-17(18(11)28-2)25-19(24-14)16-13(6-8-22-20(16)27)23-9-12-5-7-21-10-15(12)26/h3-5,7,10,23,26H,6,8-9H2,1-2H3,(H,22,27)(H,24,25). The van der Waals surface area contributed by atoms with Crippen LogP contribution in [0, 0.1) is 6.92 Å². The average molecular weight is 379 g/mol. The number of ether oxygens (including phenoxy) is 1. The lowest BCUT2D eigenvalue weighted by Crippen LogP contribution is -2.35. The fourth-order valence-electron chi connectivity index (χ4n) is 3.37. The Bertz CT molecular complexity index is 1090. The Kier molecular flexibility index (Phi) is 4.60. The monoisotopic (exact) mass is 379 g/mol. The molecule has 0 aliphatic carbocycles. The van der Waals surface area contributed by atoms with Gasteiger partial charge >= 0.3 is 0 Å². The third-order valence-corrected chi connectivity index (χ3v) is 4.82. The summed E-state index contributed by atoms with van der Waals surface area (Å²) >= 11 is 0. The Balaban J connectivity index is 1.74. The lowest BCUT2D eigenvalue weighted by atomic mass is 10.1. The van der Waals surface area contributed by atoms with Crippen LogP contribution in [0.15, 0.2) is 36.3 Å². The van der Waals surface area contributed by atoms with Crippen molar-refractivity contribution in [3.05, 3.63) is 53.2 Å². The molecule has 1 aliphatic heterocycles. The minimum absolute atomic E-state index is 0.112. The second-order valence-electron chi connectivity index (χ2n) is 6.61. The zero-order valence-corrected chi connectivity index (χ0v) is 15.7. The number of carbonyl (C=O) groups is 1. The van der Waals surface area contributed by atoms with E-state index < -0.39 is 0 Å². The number of nitrogens with one attached hydrogen (secondary N) is 3. The van der Waals surface area contributed by atoms with Crippen molar-refractivity contribution in [3.8, 4) is 11.5 Å². The molecular formula is C20H21N5O3. The highest BCUT2D eigenvalue weighted by Gasteiger charge is 2.25. The zero-order chi connectivity index (χ0) is 19.7. The van der Waals surface area contributed by atoms with Crippen LogP contribution in [-0.4, -0.2) is 39.6 Å². The molecule has 1 aromatic carbocycles. The summed E-state index contributed by atoms with van der Waals surface area (Å²) in [7, 11) is 1.61. The molecule has 2 aromatic heterocycles. The van der Waals surface area contributed by atoms with E-state index in [9.17, 15) is 9.90 Å². The van der Waals surface area contributed by atoms with E-state index in [1.165, 1.54) is 6.20 Å². The number of rotatable bonds is 5. The number of H-pyrrole nitrogens is 1. The molecule has 0 radical (unpaired) electrons. The van der Waals surface area contributed by atoms with Gasteiger partial charge in [0.15, 0.2) is 0 Å². The Morgan fingerprint density at radius 1 is 1.32 bits per heavy atom. The van der Waals surface area contributed by atoms with E-state index in [4.69, 9.17) is 4.74 Å². The van der Waals surface area contributed by atoms with Crippen molar-refractivity contribution in [2.45, 2.75) is 19.9 Å². The molecule has 0 atom stereocenters. The van der Waals surface area contributed by atoms with Gasteiger partial charge in [0, 0.05) is 37.0 Å². The number of hydrogen-bond donors (Lipinski definition) is 4. The van der Waals surface area contributed by atoms with E-state index >= 15 is 0 Å². The molecule has 4 N–H and O–H groups in total. The maximum atomic E-state index is 12.6. The number of amides is 1. The van der Waals surface area contributed by atoms with Gasteiger partial charge in [-0.05, 0) is 24.6 Å². The second kappa shape index (κ2) is 7.22. The molecular weight excluding hydrogens is 358 g/mol. The highest BCUT2D eigenvalue weighted by atomic mass is 16.5. The first-order valence-electron chi connectivity index (χ1n) is 8.99. The van der Waals surface area contributed by atoms with Crippen LogP contribution in [0.2, 0.25) is 0 Å². The van der Waals surface area contributed by atoms with Crippen LogP contribution < -0.4 is 15.4 Å². The van der Waals surface area contributed by atoms with Crippen molar-refractivity contribution in [1.82, 2.24) is 25.6 Å². The lowest BCUT2D eigenvalue weighted by molar-refractivity contribution is -0.115. The topological polar surface area (TPSA) is 112 Å². The van der Waals surface area contributed by atoms with Gasteiger partial charge in [-0.3, -0.25) is 9.78 Å². The first-order valence-corrected chi connectivity index (χ1v) is 8.99. The average Bonchev–Trinajstić information content (AvgIpc) is 3.11. The van der Waals surface area contributed by atoms with Gasteiger partial charge in [-0.15, -0.1) is 0 Å². The van der Waals surface area contributed by atoms with Gasteiger partial charge in [0.25, 0.3) is 5.91 Å². The van der Waals surface area contributed by atoms with Crippen LogP contribution in [-0.2, 0) is 11.3 Å². The number of pyridine rings is 1. The van der Waals surface area contributed by atoms with E-state index in [1.807, 2.05) is 19.1 Å². The van der Waals surface area contributed by atoms with Crippen molar-refractivity contribution in [2.75, 3.05) is 13.7 Å². The fourth-order valence-corrected chi connectivity index (χ4v) is 3.37. The van der Waals surface area contributed by atoms with Crippen LogP contribution in [0.4, 0.5) is 0 Å². The predicted octanol–water partition coefficient (Wildman–Crippen LogP) is 2.00. The molecule has 1 aliphatic rings. The first kappa shape index (κ1) is 17.8. The molecule has 8 nitrogen and oxygen atoms in total. The molecule has 4 rings (SSSR count). The SMILES string of the molecule is COc1c(C)ccc2[nH]c(C3=C(NCc4ccncc4O)CCNC3=O)nc12. The summed E-state index contributed by atoms with van der Waals surface area (Å²) in [5.74, 6) is 1.09. The van der Waals surface area contributed by atoms with Gasteiger partial charge in [0.1, 0.15) is 28.4 Å².